The second-order valence-electron chi connectivity index (χ2n) is 10.3. The average molecular weight is 828 g/mol. The van der Waals surface area contributed by atoms with Gasteiger partial charge >= 0.3 is 177 Å². The summed E-state index contributed by atoms with van der Waals surface area (Å²) in [6, 6.07) is 11.2. The van der Waals surface area contributed by atoms with Crippen molar-refractivity contribution >= 4 is 76.4 Å². The van der Waals surface area contributed by atoms with Crippen LogP contribution in [-0.2, 0) is 0 Å². The number of aromatic carboxylic acids is 5. The number of aromatic nitrogens is 6. The first-order valence-electron chi connectivity index (χ1n) is 14.1. The van der Waals surface area contributed by atoms with Crippen LogP contribution in [0.15, 0.2) is 48.5 Å². The number of carboxylic acid groups (broad SMARTS) is 5. The molecular formula is C31H18N10Na6O10. The number of nitrogens with one attached hydrogen (secondary N) is 4. The van der Waals surface area contributed by atoms with Gasteiger partial charge in [-0.25, -0.2) is 0 Å². The molecule has 57 heavy (non-hydrogen) atoms. The molecule has 0 unspecified atom stereocenters. The van der Waals surface area contributed by atoms with Crippen molar-refractivity contribution in [3.05, 3.63) is 94.1 Å². The zero-order valence-electron chi connectivity index (χ0n) is 31.9. The van der Waals surface area contributed by atoms with Crippen LogP contribution in [0.1, 0.15) is 63.4 Å². The summed E-state index contributed by atoms with van der Waals surface area (Å²) in [6.07, 6.45) is 0. The van der Waals surface area contributed by atoms with Gasteiger partial charge in [0.05, 0.1) is 23.9 Å². The Morgan fingerprint density at radius 1 is 0.456 bits per heavy atom. The fourth-order valence-corrected chi connectivity index (χ4v) is 4.39. The van der Waals surface area contributed by atoms with Crippen molar-refractivity contribution in [1.29, 1.82) is 0 Å². The molecule has 4 N–H and O–H groups in total. The van der Waals surface area contributed by atoms with Crippen LogP contribution in [0.4, 0.5) is 46.5 Å². The number of nitrogens with zero attached hydrogens (tertiary/aromatic N) is 6. The van der Waals surface area contributed by atoms with Crippen LogP contribution in [0.3, 0.4) is 0 Å². The zero-order valence-corrected chi connectivity index (χ0v) is 43.9. The van der Waals surface area contributed by atoms with Crippen molar-refractivity contribution < 1.29 is 227 Å². The topological polar surface area (TPSA) is 326 Å². The van der Waals surface area contributed by atoms with Gasteiger partial charge in [0.2, 0.25) is 23.8 Å². The van der Waals surface area contributed by atoms with Gasteiger partial charge in [-0.2, -0.15) is 42.0 Å². The van der Waals surface area contributed by atoms with Gasteiger partial charge in [0.15, 0.2) is 0 Å². The first-order valence-corrected chi connectivity index (χ1v) is 14.1. The van der Waals surface area contributed by atoms with E-state index in [4.69, 9.17) is 0 Å². The number of carboxylic acids is 5. The Bertz CT molecular complexity index is 2230. The summed E-state index contributed by atoms with van der Waals surface area (Å²) in [4.78, 5) is 82.2. The van der Waals surface area contributed by atoms with Crippen LogP contribution < -0.4 is 224 Å². The summed E-state index contributed by atoms with van der Waals surface area (Å²) in [7, 11) is 0. The van der Waals surface area contributed by atoms with E-state index >= 15 is 0 Å². The molecular weight excluding hydrogens is 810 g/mol. The molecule has 2 aromatic heterocycles. The van der Waals surface area contributed by atoms with Gasteiger partial charge in [-0.05, 0) is 72.5 Å². The van der Waals surface area contributed by atoms with Crippen molar-refractivity contribution in [2.24, 2.45) is 0 Å². The number of benzene rings is 3. The average Bonchev–Trinajstić information content (AvgIpc) is 3.04. The first-order chi connectivity index (χ1) is 24.1. The summed E-state index contributed by atoms with van der Waals surface area (Å²) in [5, 5.41) is 68.3. The predicted molar refractivity (Wildman–Crippen MR) is 162 cm³/mol. The summed E-state index contributed by atoms with van der Waals surface area (Å²) >= 11 is 0. The molecule has 258 valence electrons. The molecule has 0 fully saturated rings. The molecule has 0 radical (unpaired) electrons. The molecule has 0 saturated carbocycles. The van der Waals surface area contributed by atoms with E-state index in [0.29, 0.717) is 0 Å². The SMILES string of the molecule is Cc1nc(Nc2[c-]cc(Nc3nc(C)nc(Nc4cc(C(=O)[O-])cc(C(=O)[O-])c4)n3)c(C(=O)[O-])c2)nc(Nc2cc(C(=O)[O-])cc(C(=O)[O-])c2)n1.[Na+].[Na+].[Na+].[Na+].[Na+].[Na+]. The fraction of sp³-hybridized carbons (Fsp3) is 0.0645. The monoisotopic (exact) mass is 828 g/mol. The smallest absolute Gasteiger partial charge is 0.547 e. The summed E-state index contributed by atoms with van der Waals surface area (Å²) in [6.45, 7) is 2.97. The number of carbonyl (C=O) groups excluding carboxylic acids is 5. The normalized spacial score (nSPS) is 9.44. The van der Waals surface area contributed by atoms with Crippen molar-refractivity contribution in [3.63, 3.8) is 0 Å². The van der Waals surface area contributed by atoms with Gasteiger partial charge in [-0.15, -0.1) is 6.07 Å². The standard InChI is InChI=1S/C31H23N10O10.6Na/c1-12-32-28(40-29(33-12)37-19-7-14(23(42)43)5-15(8-19)24(44)45)36-18-3-4-22(21(11-18)27(50)51)39-31-35-13(2)34-30(41-31)38-20-9-16(25(46)47)6-17(10-20)26(48)49;;;;;;/h4-11H,1-2H3,(H,42,43)(H,44,45)(H,46,47)(H,48,49)(H,50,51)(H2,32,33,36,37,40)(H2,34,35,38,39,41);;;;;;/q-1;6*+1/p-5. The summed E-state index contributed by atoms with van der Waals surface area (Å²) < 4.78 is 0. The van der Waals surface area contributed by atoms with Crippen molar-refractivity contribution in [2.45, 2.75) is 13.8 Å². The van der Waals surface area contributed by atoms with Crippen molar-refractivity contribution in [2.75, 3.05) is 21.3 Å². The molecule has 20 nitrogen and oxygen atoms in total. The van der Waals surface area contributed by atoms with E-state index in [1.54, 1.807) is 0 Å². The summed E-state index contributed by atoms with van der Waals surface area (Å²) in [5.74, 6) is -8.49. The molecule has 0 bridgehead atoms. The van der Waals surface area contributed by atoms with E-state index in [0.717, 1.165) is 42.5 Å². The van der Waals surface area contributed by atoms with E-state index in [1.165, 1.54) is 19.9 Å². The largest absolute Gasteiger partial charge is 1.00 e. The third kappa shape index (κ3) is 16.3. The predicted octanol–water partition coefficient (Wildman–Crippen LogP) is -20.7. The molecule has 0 amide bonds. The second-order valence-corrected chi connectivity index (χ2v) is 10.3. The molecule has 0 spiro atoms. The maximum absolute atomic E-state index is 12.1. The van der Waals surface area contributed by atoms with Crippen LogP contribution in [0.25, 0.3) is 0 Å². The molecule has 26 heteroatoms. The Hall–Kier alpha value is -1.77. The number of carbonyl (C=O) groups is 5. The molecule has 0 atom stereocenters. The molecule has 0 aliphatic heterocycles. The minimum Gasteiger partial charge on any atom is -0.547 e. The van der Waals surface area contributed by atoms with Crippen LogP contribution >= 0.6 is 0 Å². The molecule has 0 aliphatic rings. The van der Waals surface area contributed by atoms with Gasteiger partial charge in [0.25, 0.3) is 0 Å². The van der Waals surface area contributed by atoms with E-state index < -0.39 is 57.7 Å². The number of rotatable bonds is 13. The number of aryl methyl sites for hydroxylation is 2. The van der Waals surface area contributed by atoms with E-state index in [1.807, 2.05) is 0 Å². The van der Waals surface area contributed by atoms with E-state index in [2.05, 4.69) is 57.2 Å². The Kier molecular flexibility index (Phi) is 25.9. The third-order valence-corrected chi connectivity index (χ3v) is 6.48. The van der Waals surface area contributed by atoms with Gasteiger partial charge < -0.3 is 70.8 Å². The van der Waals surface area contributed by atoms with Crippen molar-refractivity contribution in [1.82, 2.24) is 29.9 Å². The molecule has 5 rings (SSSR count). The minimum absolute atomic E-state index is 0. The molecule has 3 aromatic carbocycles. The maximum atomic E-state index is 12.1. The van der Waals surface area contributed by atoms with Crippen LogP contribution in [0.5, 0.6) is 0 Å². The van der Waals surface area contributed by atoms with Crippen LogP contribution in [-0.4, -0.2) is 59.8 Å². The zero-order chi connectivity index (χ0) is 37.0. The Balaban J connectivity index is 0. The molecule has 0 saturated heterocycles. The van der Waals surface area contributed by atoms with Gasteiger partial charge in [0.1, 0.15) is 11.6 Å². The third-order valence-electron chi connectivity index (χ3n) is 6.48. The van der Waals surface area contributed by atoms with Crippen LogP contribution in [0, 0.1) is 19.9 Å². The Morgan fingerprint density at radius 2 is 0.789 bits per heavy atom. The van der Waals surface area contributed by atoms with Crippen LogP contribution in [0.2, 0.25) is 0 Å². The second kappa shape index (κ2) is 25.8. The number of anilines is 8. The van der Waals surface area contributed by atoms with E-state index in [-0.39, 0.29) is 236 Å². The van der Waals surface area contributed by atoms with Gasteiger partial charge in [-0.3, -0.25) is 0 Å². The molecule has 2 heterocycles. The Labute approximate surface area is 455 Å². The van der Waals surface area contributed by atoms with Gasteiger partial charge in [-0.1, -0.05) is 16.9 Å². The minimum atomic E-state index is -1.64. The molecule has 0 aliphatic carbocycles. The molecule has 5 aromatic rings. The van der Waals surface area contributed by atoms with Crippen molar-refractivity contribution in [3.8, 4) is 0 Å². The number of hydrogen-bond donors (Lipinski definition) is 4. The summed E-state index contributed by atoms with van der Waals surface area (Å²) in [5.41, 5.74) is -2.31. The maximum Gasteiger partial charge on any atom is 1.00 e. The first kappa shape index (κ1) is 57.3. The van der Waals surface area contributed by atoms with Gasteiger partial charge in [0, 0.05) is 17.3 Å². The Morgan fingerprint density at radius 3 is 1.12 bits per heavy atom. The van der Waals surface area contributed by atoms with E-state index in [9.17, 15) is 49.5 Å². The fourth-order valence-electron chi connectivity index (χ4n) is 4.39. The number of hydrogen-bond acceptors (Lipinski definition) is 20. The quantitative estimate of drug-likeness (QED) is 0.0632.